The van der Waals surface area contributed by atoms with E-state index >= 15 is 0 Å². The fourth-order valence-corrected chi connectivity index (χ4v) is 20.3. The summed E-state index contributed by atoms with van der Waals surface area (Å²) < 4.78 is 75.8. The van der Waals surface area contributed by atoms with Gasteiger partial charge in [-0.15, -0.1) is 0 Å². The number of carbonyl (C=O) groups is 1. The molecule has 21 nitrogen and oxygen atoms in total. The highest BCUT2D eigenvalue weighted by Gasteiger charge is 2.42. The van der Waals surface area contributed by atoms with E-state index in [1.807, 2.05) is 55.6 Å². The molecule has 8 saturated carbocycles. The van der Waals surface area contributed by atoms with Crippen LogP contribution in [0.2, 0.25) is 0 Å². The maximum atomic E-state index is 14.6. The van der Waals surface area contributed by atoms with Crippen molar-refractivity contribution in [3.63, 3.8) is 0 Å². The van der Waals surface area contributed by atoms with Gasteiger partial charge in [0.25, 0.3) is 0 Å². The molecule has 0 aromatic carbocycles. The Morgan fingerprint density at radius 3 is 1.25 bits per heavy atom. The van der Waals surface area contributed by atoms with E-state index in [1.54, 1.807) is 0 Å². The SMILES string of the molecule is CC(C)(C)NC1CCC(NC2CCOCC2)CC1.CC(C)(C)NCC1CCC2(CCC2)CC1.CC(C)(C)NCC1CNCCO1.CC(C)(C)OCC1(F)CCN(C2CCCC2)CC1.CC(C)(C)OCC1CCCC(=O)C1.CC(C)(C)OCC1CCCCC1.CC(C)(C)OCC1COCCO1.CC1(O)CCC(CNC(C)(C)C)CC1.CN1CCC(COC(C)(C)C)CC1.COC1CCC(COC(C)(C)C)CC1. The lowest BCUT2D eigenvalue weighted by molar-refractivity contribution is -0.136. The molecule has 0 aromatic rings. The lowest BCUT2D eigenvalue weighted by atomic mass is 9.59. The summed E-state index contributed by atoms with van der Waals surface area (Å²) in [5.74, 6) is 4.98. The van der Waals surface area contributed by atoms with E-state index in [0.29, 0.717) is 74.8 Å². The van der Waals surface area contributed by atoms with Gasteiger partial charge in [0.2, 0.25) is 0 Å². The highest BCUT2D eigenvalue weighted by atomic mass is 19.1. The lowest BCUT2D eigenvalue weighted by Crippen LogP contribution is -2.49. The number of ether oxygens (including phenoxy) is 11. The number of Topliss-reactive ketones (excluding diaryl/α,β-unsaturated/α-hetero) is 1. The predicted octanol–water partition coefficient (Wildman–Crippen LogP) is 24.7. The van der Waals surface area contributed by atoms with Gasteiger partial charge in [-0.3, -0.25) is 4.79 Å². The number of ketones is 1. The molecule has 3 atom stereocenters. The lowest BCUT2D eigenvalue weighted by Gasteiger charge is -2.47. The van der Waals surface area contributed by atoms with Gasteiger partial charge in [-0.1, -0.05) is 38.5 Å². The molecule has 13 fully saturated rings. The van der Waals surface area contributed by atoms with Crippen LogP contribution in [0.1, 0.15) is 459 Å². The van der Waals surface area contributed by atoms with Crippen LogP contribution in [0.25, 0.3) is 0 Å². The summed E-state index contributed by atoms with van der Waals surface area (Å²) in [5, 5.41) is 31.3. The average Bonchev–Trinajstić information content (AvgIpc) is 1.32. The topological polar surface area (TPSA) is 217 Å². The molecule has 13 rings (SSSR count). The normalized spacial score (nSPS) is 27.1. The van der Waals surface area contributed by atoms with Crippen molar-refractivity contribution in [2.24, 2.45) is 40.9 Å². The van der Waals surface area contributed by atoms with Gasteiger partial charge < -0.3 is 98.9 Å². The molecule has 5 aliphatic heterocycles. The minimum absolute atomic E-state index is 0.0120. The molecular formula is C119H237FN8O13. The molecule has 22 heteroatoms. The van der Waals surface area contributed by atoms with Crippen molar-refractivity contribution in [2.75, 3.05) is 152 Å². The summed E-state index contributed by atoms with van der Waals surface area (Å²) in [6.45, 7) is 84.8. The number of carbonyl (C=O) groups excluding carboxylic acids is 1. The van der Waals surface area contributed by atoms with Gasteiger partial charge in [0.15, 0.2) is 0 Å². The number of nitrogens with one attached hydrogen (secondary N) is 6. The summed E-state index contributed by atoms with van der Waals surface area (Å²) in [6, 6.07) is 2.90. The monoisotopic (exact) mass is 2010 g/mol. The van der Waals surface area contributed by atoms with Gasteiger partial charge >= 0.3 is 0 Å². The molecule has 1 spiro atoms. The van der Waals surface area contributed by atoms with Gasteiger partial charge in [-0.05, 0) is 481 Å². The van der Waals surface area contributed by atoms with Crippen LogP contribution in [0.15, 0.2) is 0 Å². The third-order valence-corrected chi connectivity index (χ3v) is 29.7. The van der Waals surface area contributed by atoms with Crippen LogP contribution < -0.4 is 31.9 Å². The van der Waals surface area contributed by atoms with Crippen molar-refractivity contribution < 1.29 is 66.4 Å². The van der Waals surface area contributed by atoms with Crippen molar-refractivity contribution in [1.82, 2.24) is 41.7 Å². The van der Waals surface area contributed by atoms with E-state index in [4.69, 9.17) is 52.1 Å². The Balaban J connectivity index is 0.000000328. The molecule has 5 saturated heterocycles. The van der Waals surface area contributed by atoms with Crippen molar-refractivity contribution in [3.8, 4) is 0 Å². The third kappa shape index (κ3) is 70.6. The molecular weight excluding hydrogens is 1770 g/mol. The Bertz CT molecular complexity index is 2990. The number of rotatable bonds is 23. The Labute approximate surface area is 870 Å². The molecule has 8 aliphatic carbocycles. The number of alkyl halides is 1. The molecule has 3 unspecified atom stereocenters. The third-order valence-electron chi connectivity index (χ3n) is 29.7. The van der Waals surface area contributed by atoms with E-state index in [0.717, 1.165) is 190 Å². The molecule has 7 N–H and O–H groups in total. The Morgan fingerprint density at radius 1 is 0.397 bits per heavy atom. The number of morpholine rings is 1. The van der Waals surface area contributed by atoms with E-state index in [9.17, 15) is 14.3 Å². The Hall–Kier alpha value is -1.20. The summed E-state index contributed by atoms with van der Waals surface area (Å²) in [5.41, 5.74) is 0.0265. The van der Waals surface area contributed by atoms with Crippen LogP contribution >= 0.6 is 0 Å². The summed E-state index contributed by atoms with van der Waals surface area (Å²) in [4.78, 5) is 16.0. The van der Waals surface area contributed by atoms with Crippen LogP contribution in [0, 0.1) is 40.9 Å². The fourth-order valence-electron chi connectivity index (χ4n) is 20.3. The molecule has 0 bridgehead atoms. The Morgan fingerprint density at radius 2 is 0.823 bits per heavy atom. The maximum absolute atomic E-state index is 14.6. The maximum Gasteiger partial charge on any atom is 0.136 e. The van der Waals surface area contributed by atoms with Crippen molar-refractivity contribution in [3.05, 3.63) is 0 Å². The largest absolute Gasteiger partial charge is 0.390 e. The number of methoxy groups -OCH3 is 1. The quantitative estimate of drug-likeness (QED) is 0.0506. The second kappa shape index (κ2) is 65.4. The first-order valence-electron chi connectivity index (χ1n) is 58.0. The number of aliphatic hydroxyl groups is 1. The first-order chi connectivity index (χ1) is 65.4. The number of hydrogen-bond acceptors (Lipinski definition) is 21. The number of halogens is 1. The summed E-state index contributed by atoms with van der Waals surface area (Å²) in [6.07, 6.45) is 48.4. The summed E-state index contributed by atoms with van der Waals surface area (Å²) in [7, 11) is 4.01. The molecule has 141 heavy (non-hydrogen) atoms. The second-order valence-corrected chi connectivity index (χ2v) is 55.7. The van der Waals surface area contributed by atoms with Crippen LogP contribution in [0.3, 0.4) is 0 Å². The Kier molecular flexibility index (Phi) is 61.2. The smallest absolute Gasteiger partial charge is 0.136 e. The molecule has 838 valence electrons. The highest BCUT2D eigenvalue weighted by Crippen LogP contribution is 2.53. The van der Waals surface area contributed by atoms with Crippen LogP contribution in [0.5, 0.6) is 0 Å². The van der Waals surface area contributed by atoms with E-state index in [1.165, 1.54) is 199 Å². The number of piperidine rings is 2. The molecule has 5 heterocycles. The summed E-state index contributed by atoms with van der Waals surface area (Å²) >= 11 is 0. The van der Waals surface area contributed by atoms with Gasteiger partial charge in [-0.25, -0.2) is 4.39 Å². The number of likely N-dealkylation sites (tertiary alicyclic amines) is 2. The number of nitrogens with zero attached hydrogens (tertiary/aromatic N) is 2. The minimum Gasteiger partial charge on any atom is -0.390 e. The van der Waals surface area contributed by atoms with Crippen molar-refractivity contribution >= 4 is 5.78 Å². The zero-order chi connectivity index (χ0) is 105. The fraction of sp³-hybridized carbons (Fsp3) is 0.992. The van der Waals surface area contributed by atoms with E-state index in [2.05, 4.69) is 215 Å². The molecule has 0 radical (unpaired) electrons. The molecule has 0 aromatic heterocycles. The van der Waals surface area contributed by atoms with Crippen molar-refractivity contribution in [1.29, 1.82) is 0 Å². The molecule has 0 amide bonds. The van der Waals surface area contributed by atoms with Crippen LogP contribution in [0.4, 0.5) is 4.39 Å². The van der Waals surface area contributed by atoms with Gasteiger partial charge in [0.05, 0.1) is 117 Å². The minimum atomic E-state index is -1.09. The predicted molar refractivity (Wildman–Crippen MR) is 591 cm³/mol. The zero-order valence-corrected chi connectivity index (χ0v) is 98.8. The highest BCUT2D eigenvalue weighted by molar-refractivity contribution is 5.79. The van der Waals surface area contributed by atoms with E-state index in [-0.39, 0.29) is 62.9 Å². The van der Waals surface area contributed by atoms with Crippen LogP contribution in [-0.4, -0.2) is 283 Å². The zero-order valence-electron chi connectivity index (χ0n) is 98.8. The van der Waals surface area contributed by atoms with Gasteiger partial charge in [-0.2, -0.15) is 0 Å². The van der Waals surface area contributed by atoms with Crippen molar-refractivity contribution in [2.45, 2.75) is 568 Å². The average molecular weight is 2010 g/mol. The number of hydrogen-bond donors (Lipinski definition) is 7. The second-order valence-electron chi connectivity index (χ2n) is 55.7. The van der Waals surface area contributed by atoms with Gasteiger partial charge in [0, 0.05) is 112 Å². The first kappa shape index (κ1) is 132. The van der Waals surface area contributed by atoms with Gasteiger partial charge in [0.1, 0.15) is 17.6 Å². The standard InChI is InChI=1S/C15H28FNO.C15H30N2O.C14H27N.C12H25NO.C12H24O2.C11H23NO.C11H20O2.C11H22O.C9H20N2O.C9H18O3/c1-14(2,3)18-12-15(16)8-10-17(11-9-15)13-6-4-5-7-13;1-15(2,3)17-14-6-4-12(5-7-14)16-13-8-10-18-11-9-13;1-13(2,3)15-11-12-5-9-14(10-6-12)7-4-8-14;1-11(2,3)13-9-10-5-7-12(4,14)8-6-10;1-12(2,3)14-9-10-5-7-11(13-4)8-6-10;1-11(2,3)13-9-10-5-7-12(4)8-6-10;1-11(2,3)13-8-9-5-4-6-10(12)7-9;1-11(2,3)12-9-10-7-5-4-6-8-10;1-9(2,3)11-7-8-6-10-4-5-12-8;1-9(2,3)12-7-8-6-10-4-5-11-8/h13H,4-12H2,1-3H3;12-14,16-17H,4-11H2,1-3H3;12,15H,4-11H2,1-3H3;10,13-14H,5-9H2,1-4H3;10-11H,5-9H2,1-4H3;10H,5-9H2,1-4H3;9H,4-8H2,1-3H3;10H,4-9H2,1-3H3;8,10-11H,4-7H2,1-3H3;8H,4-7H2,1-3H3. The molecule has 13 aliphatic rings. The first-order valence-corrected chi connectivity index (χ1v) is 58.0. The van der Waals surface area contributed by atoms with E-state index < -0.39 is 11.3 Å². The van der Waals surface area contributed by atoms with Crippen LogP contribution in [-0.2, 0) is 56.9 Å².